The number of pyridine rings is 1. The van der Waals surface area contributed by atoms with Crippen molar-refractivity contribution in [1.82, 2.24) is 4.98 Å². The van der Waals surface area contributed by atoms with Gasteiger partial charge in [0.2, 0.25) is 0 Å². The molecule has 2 aromatic rings. The number of nitrogens with one attached hydrogen (secondary N) is 1. The Bertz CT molecular complexity index is 604. The quantitative estimate of drug-likeness (QED) is 0.838. The molecule has 92 valence electrons. The van der Waals surface area contributed by atoms with E-state index in [0.717, 1.165) is 12.1 Å². The molecule has 0 aliphatic heterocycles. The van der Waals surface area contributed by atoms with Crippen LogP contribution in [0.3, 0.4) is 0 Å². The summed E-state index contributed by atoms with van der Waals surface area (Å²) in [5.74, 6) is -1.56. The lowest BCUT2D eigenvalue weighted by atomic mass is 10.2. The van der Waals surface area contributed by atoms with Crippen molar-refractivity contribution in [2.45, 2.75) is 0 Å². The molecule has 0 aliphatic rings. The third kappa shape index (κ3) is 2.65. The molecule has 1 aromatic carbocycles. The van der Waals surface area contributed by atoms with Crippen LogP contribution in [-0.4, -0.2) is 16.0 Å². The van der Waals surface area contributed by atoms with Gasteiger partial charge in [-0.2, -0.15) is 0 Å². The van der Waals surface area contributed by atoms with E-state index in [4.69, 9.17) is 0 Å². The molecule has 0 spiro atoms. The van der Waals surface area contributed by atoms with Crippen molar-refractivity contribution >= 4 is 27.5 Å². The topological polar surface area (TPSA) is 62.2 Å². The molecule has 0 saturated carbocycles. The van der Waals surface area contributed by atoms with E-state index < -0.39 is 17.5 Å². The maximum absolute atomic E-state index is 12.8. The standard InChI is InChI=1S/C12H8BrFN2O2/c13-11-9(2-1-5-15-11)16-12(18)8-4-3-7(14)6-10(8)17/h1-6,17H,(H,16,18). The number of aromatic nitrogens is 1. The molecular weight excluding hydrogens is 303 g/mol. The fraction of sp³-hybridized carbons (Fsp3) is 0. The van der Waals surface area contributed by atoms with Gasteiger partial charge in [-0.25, -0.2) is 9.37 Å². The second-order valence-corrected chi connectivity index (χ2v) is 4.21. The van der Waals surface area contributed by atoms with Gasteiger partial charge >= 0.3 is 0 Å². The number of phenols is 1. The minimum Gasteiger partial charge on any atom is -0.507 e. The van der Waals surface area contributed by atoms with Gasteiger partial charge in [-0.05, 0) is 40.2 Å². The number of rotatable bonds is 2. The highest BCUT2D eigenvalue weighted by Crippen LogP contribution is 2.22. The summed E-state index contributed by atoms with van der Waals surface area (Å²) >= 11 is 3.18. The Morgan fingerprint density at radius 3 is 2.83 bits per heavy atom. The maximum atomic E-state index is 12.8. The fourth-order valence-electron chi connectivity index (χ4n) is 1.37. The number of carbonyl (C=O) groups is 1. The first kappa shape index (κ1) is 12.5. The van der Waals surface area contributed by atoms with Crippen LogP contribution in [0.25, 0.3) is 0 Å². The van der Waals surface area contributed by atoms with E-state index in [1.54, 1.807) is 18.3 Å². The van der Waals surface area contributed by atoms with Crippen molar-refractivity contribution in [3.63, 3.8) is 0 Å². The Hall–Kier alpha value is -1.95. The molecule has 1 aromatic heterocycles. The van der Waals surface area contributed by atoms with Gasteiger partial charge in [-0.1, -0.05) is 0 Å². The fourth-order valence-corrected chi connectivity index (χ4v) is 1.72. The molecule has 0 unspecified atom stereocenters. The highest BCUT2D eigenvalue weighted by molar-refractivity contribution is 9.10. The molecular formula is C12H8BrFN2O2. The molecule has 0 fully saturated rings. The molecule has 4 nitrogen and oxygen atoms in total. The number of amides is 1. The molecule has 1 heterocycles. The zero-order valence-electron chi connectivity index (χ0n) is 9.02. The zero-order valence-corrected chi connectivity index (χ0v) is 10.6. The third-order valence-corrected chi connectivity index (χ3v) is 2.84. The van der Waals surface area contributed by atoms with Crippen LogP contribution in [0.2, 0.25) is 0 Å². The molecule has 2 rings (SSSR count). The van der Waals surface area contributed by atoms with Crippen molar-refractivity contribution in [3.05, 3.63) is 52.5 Å². The number of aromatic hydroxyl groups is 1. The van der Waals surface area contributed by atoms with Gasteiger partial charge in [0.25, 0.3) is 5.91 Å². The van der Waals surface area contributed by atoms with Crippen molar-refractivity contribution in [1.29, 1.82) is 0 Å². The van der Waals surface area contributed by atoms with Gasteiger partial charge < -0.3 is 10.4 Å². The van der Waals surface area contributed by atoms with E-state index in [0.29, 0.717) is 10.3 Å². The number of carbonyl (C=O) groups excluding carboxylic acids is 1. The summed E-state index contributed by atoms with van der Waals surface area (Å²) in [6.45, 7) is 0. The summed E-state index contributed by atoms with van der Waals surface area (Å²) < 4.78 is 13.3. The average Bonchev–Trinajstić information content (AvgIpc) is 2.32. The SMILES string of the molecule is O=C(Nc1cccnc1Br)c1ccc(F)cc1O. The molecule has 0 atom stereocenters. The van der Waals surface area contributed by atoms with E-state index in [2.05, 4.69) is 26.2 Å². The number of hydrogen-bond donors (Lipinski definition) is 2. The lowest BCUT2D eigenvalue weighted by Gasteiger charge is -2.07. The minimum absolute atomic E-state index is 0.00727. The van der Waals surface area contributed by atoms with Crippen molar-refractivity contribution < 1.29 is 14.3 Å². The van der Waals surface area contributed by atoms with Gasteiger partial charge in [0.15, 0.2) is 0 Å². The van der Waals surface area contributed by atoms with Crippen LogP contribution in [0.4, 0.5) is 10.1 Å². The van der Waals surface area contributed by atoms with Crippen molar-refractivity contribution in [2.24, 2.45) is 0 Å². The van der Waals surface area contributed by atoms with Crippen LogP contribution >= 0.6 is 15.9 Å². The number of benzene rings is 1. The molecule has 18 heavy (non-hydrogen) atoms. The van der Waals surface area contributed by atoms with Gasteiger partial charge in [-0.15, -0.1) is 0 Å². The van der Waals surface area contributed by atoms with Crippen molar-refractivity contribution in [3.8, 4) is 5.75 Å². The first-order valence-corrected chi connectivity index (χ1v) is 5.77. The minimum atomic E-state index is -0.605. The largest absolute Gasteiger partial charge is 0.507 e. The highest BCUT2D eigenvalue weighted by atomic mass is 79.9. The maximum Gasteiger partial charge on any atom is 0.259 e. The van der Waals surface area contributed by atoms with Gasteiger partial charge in [0.1, 0.15) is 16.2 Å². The predicted molar refractivity (Wildman–Crippen MR) is 68.0 cm³/mol. The zero-order chi connectivity index (χ0) is 13.1. The number of hydrogen-bond acceptors (Lipinski definition) is 3. The molecule has 2 N–H and O–H groups in total. The highest BCUT2D eigenvalue weighted by Gasteiger charge is 2.13. The van der Waals surface area contributed by atoms with Gasteiger partial charge in [0.05, 0.1) is 11.3 Å². The van der Waals surface area contributed by atoms with Crippen LogP contribution in [0.5, 0.6) is 5.75 Å². The smallest absolute Gasteiger partial charge is 0.259 e. The Balaban J connectivity index is 2.25. The molecule has 0 saturated heterocycles. The van der Waals surface area contributed by atoms with Crippen LogP contribution in [-0.2, 0) is 0 Å². The predicted octanol–water partition coefficient (Wildman–Crippen LogP) is 2.94. The Morgan fingerprint density at radius 1 is 1.39 bits per heavy atom. The van der Waals surface area contributed by atoms with Crippen LogP contribution < -0.4 is 5.32 Å². The lowest BCUT2D eigenvalue weighted by Crippen LogP contribution is -2.12. The van der Waals surface area contributed by atoms with Crippen LogP contribution in [0, 0.1) is 5.82 Å². The normalized spacial score (nSPS) is 10.1. The number of nitrogens with zero attached hydrogens (tertiary/aromatic N) is 1. The number of phenolic OH excluding ortho intramolecular Hbond substituents is 1. The molecule has 0 radical (unpaired) electrons. The first-order chi connectivity index (χ1) is 8.58. The third-order valence-electron chi connectivity index (χ3n) is 2.21. The Morgan fingerprint density at radius 2 is 2.17 bits per heavy atom. The second kappa shape index (κ2) is 5.14. The van der Waals surface area contributed by atoms with E-state index in [1.807, 2.05) is 0 Å². The summed E-state index contributed by atoms with van der Waals surface area (Å²) in [7, 11) is 0. The Kier molecular flexibility index (Phi) is 3.57. The summed E-state index contributed by atoms with van der Waals surface area (Å²) in [6, 6.07) is 6.50. The molecule has 6 heteroatoms. The molecule has 0 bridgehead atoms. The van der Waals surface area contributed by atoms with Crippen LogP contribution in [0.1, 0.15) is 10.4 Å². The summed E-state index contributed by atoms with van der Waals surface area (Å²) in [6.07, 6.45) is 1.56. The van der Waals surface area contributed by atoms with E-state index in [9.17, 15) is 14.3 Å². The molecule has 1 amide bonds. The second-order valence-electron chi connectivity index (χ2n) is 3.46. The number of anilines is 1. The molecule has 0 aliphatic carbocycles. The van der Waals surface area contributed by atoms with Crippen LogP contribution in [0.15, 0.2) is 41.1 Å². The summed E-state index contributed by atoms with van der Waals surface area (Å²) in [4.78, 5) is 15.8. The van der Waals surface area contributed by atoms with Gasteiger partial charge in [0, 0.05) is 12.3 Å². The number of halogens is 2. The summed E-state index contributed by atoms with van der Waals surface area (Å²) in [5.41, 5.74) is 0.457. The van der Waals surface area contributed by atoms with Crippen molar-refractivity contribution in [2.75, 3.05) is 5.32 Å². The average molecular weight is 311 g/mol. The van der Waals surface area contributed by atoms with E-state index in [1.165, 1.54) is 6.07 Å². The van der Waals surface area contributed by atoms with Gasteiger partial charge in [-0.3, -0.25) is 4.79 Å². The van der Waals surface area contributed by atoms with E-state index >= 15 is 0 Å². The lowest BCUT2D eigenvalue weighted by molar-refractivity contribution is 0.102. The monoisotopic (exact) mass is 310 g/mol. The summed E-state index contributed by atoms with van der Waals surface area (Å²) in [5, 5.41) is 12.0. The van der Waals surface area contributed by atoms with E-state index in [-0.39, 0.29) is 5.56 Å². The first-order valence-electron chi connectivity index (χ1n) is 4.98. The Labute approximate surface area is 111 Å².